The number of hydrogen-bond acceptors (Lipinski definition) is 2. The van der Waals surface area contributed by atoms with Crippen molar-refractivity contribution in [1.82, 2.24) is 9.97 Å². The molecule has 0 fully saturated rings. The first kappa shape index (κ1) is 13.8. The minimum atomic E-state index is -4.73. The third-order valence-electron chi connectivity index (χ3n) is 2.10. The molecule has 2 nitrogen and oxygen atoms in total. The van der Waals surface area contributed by atoms with Gasteiger partial charge in [-0.3, -0.25) is 0 Å². The van der Waals surface area contributed by atoms with Crippen LogP contribution in [0.4, 0.5) is 17.6 Å². The van der Waals surface area contributed by atoms with Gasteiger partial charge in [-0.1, -0.05) is 11.6 Å². The second-order valence-electron chi connectivity index (χ2n) is 3.23. The van der Waals surface area contributed by atoms with Crippen LogP contribution in [0.25, 0.3) is 10.9 Å². The van der Waals surface area contributed by atoms with E-state index in [-0.39, 0.29) is 21.3 Å². The number of rotatable bonds is 0. The van der Waals surface area contributed by atoms with Crippen LogP contribution in [0.15, 0.2) is 10.5 Å². The van der Waals surface area contributed by atoms with Crippen molar-refractivity contribution in [2.45, 2.75) is 6.18 Å². The summed E-state index contributed by atoms with van der Waals surface area (Å²) in [5.74, 6) is -1.19. The van der Waals surface area contributed by atoms with Crippen molar-refractivity contribution in [2.24, 2.45) is 0 Å². The summed E-state index contributed by atoms with van der Waals surface area (Å²) in [5, 5.41) is -0.950. The molecular formula is C9HBrCl2F4N2. The summed E-state index contributed by atoms with van der Waals surface area (Å²) in [7, 11) is 0. The Bertz CT molecular complexity index is 645. The van der Waals surface area contributed by atoms with Crippen LogP contribution in [0.1, 0.15) is 5.56 Å². The number of alkyl halides is 3. The van der Waals surface area contributed by atoms with Crippen LogP contribution < -0.4 is 0 Å². The van der Waals surface area contributed by atoms with Crippen molar-refractivity contribution in [1.29, 1.82) is 0 Å². The first-order chi connectivity index (χ1) is 8.21. The van der Waals surface area contributed by atoms with Crippen LogP contribution in [0.2, 0.25) is 10.4 Å². The summed E-state index contributed by atoms with van der Waals surface area (Å²) in [4.78, 5) is 6.98. The maximum atomic E-state index is 13.8. The molecule has 0 unspecified atom stereocenters. The van der Waals surface area contributed by atoms with Gasteiger partial charge in [0.2, 0.25) is 5.28 Å². The number of hydrogen-bond donors (Lipinski definition) is 0. The molecule has 0 bridgehead atoms. The normalized spacial score (nSPS) is 12.2. The lowest BCUT2D eigenvalue weighted by Crippen LogP contribution is -2.08. The van der Waals surface area contributed by atoms with Crippen molar-refractivity contribution in [3.8, 4) is 0 Å². The van der Waals surface area contributed by atoms with E-state index in [4.69, 9.17) is 23.2 Å². The van der Waals surface area contributed by atoms with E-state index in [2.05, 4.69) is 25.9 Å². The van der Waals surface area contributed by atoms with Crippen LogP contribution >= 0.6 is 39.1 Å². The molecule has 0 amide bonds. The summed E-state index contributed by atoms with van der Waals surface area (Å²) in [6.07, 6.45) is -4.73. The molecule has 0 aliphatic rings. The Hall–Kier alpha value is -0.660. The molecule has 1 aromatic carbocycles. The Morgan fingerprint density at radius 3 is 2.33 bits per heavy atom. The highest BCUT2D eigenvalue weighted by Crippen LogP contribution is 2.40. The van der Waals surface area contributed by atoms with E-state index in [9.17, 15) is 17.6 Å². The van der Waals surface area contributed by atoms with Gasteiger partial charge in [0.1, 0.15) is 10.7 Å². The van der Waals surface area contributed by atoms with Gasteiger partial charge in [-0.15, -0.1) is 0 Å². The van der Waals surface area contributed by atoms with Crippen LogP contribution in [0.5, 0.6) is 0 Å². The molecule has 9 heteroatoms. The van der Waals surface area contributed by atoms with Gasteiger partial charge < -0.3 is 0 Å². The summed E-state index contributed by atoms with van der Waals surface area (Å²) < 4.78 is 51.0. The predicted octanol–water partition coefficient (Wildman–Crippen LogP) is 4.86. The fraction of sp³-hybridized carbons (Fsp3) is 0.111. The van der Waals surface area contributed by atoms with E-state index in [0.29, 0.717) is 6.07 Å². The van der Waals surface area contributed by atoms with Crippen molar-refractivity contribution in [2.75, 3.05) is 0 Å². The number of nitrogens with zero attached hydrogens (tertiary/aromatic N) is 2. The molecule has 18 heavy (non-hydrogen) atoms. The smallest absolute Gasteiger partial charge is 0.215 e. The van der Waals surface area contributed by atoms with Crippen LogP contribution in [-0.2, 0) is 6.18 Å². The van der Waals surface area contributed by atoms with Crippen molar-refractivity contribution >= 4 is 50.0 Å². The number of halogens is 7. The van der Waals surface area contributed by atoms with Crippen molar-refractivity contribution in [3.63, 3.8) is 0 Å². The lowest BCUT2D eigenvalue weighted by atomic mass is 10.1. The van der Waals surface area contributed by atoms with Gasteiger partial charge in [0.05, 0.1) is 10.0 Å². The first-order valence-electron chi connectivity index (χ1n) is 4.29. The Balaban J connectivity index is 2.93. The standard InChI is InChI=1S/C9HBrCl2F4N2/c10-4-3(9(14,15)16)1-2-6(5(4)13)17-8(12)18-7(2)11/h1H. The van der Waals surface area contributed by atoms with Gasteiger partial charge in [0.15, 0.2) is 5.82 Å². The second-order valence-corrected chi connectivity index (χ2v) is 4.72. The molecule has 0 atom stereocenters. The molecule has 96 valence electrons. The maximum Gasteiger partial charge on any atom is 0.417 e. The average Bonchev–Trinajstić information content (AvgIpc) is 2.22. The van der Waals surface area contributed by atoms with Gasteiger partial charge >= 0.3 is 6.18 Å². The molecule has 0 spiro atoms. The van der Waals surface area contributed by atoms with Gasteiger partial charge in [0, 0.05) is 5.39 Å². The molecule has 2 rings (SSSR count). The zero-order valence-electron chi connectivity index (χ0n) is 8.12. The van der Waals surface area contributed by atoms with Crippen molar-refractivity contribution in [3.05, 3.63) is 32.4 Å². The topological polar surface area (TPSA) is 25.8 Å². The average molecular weight is 364 g/mol. The van der Waals surface area contributed by atoms with Gasteiger partial charge in [-0.25, -0.2) is 14.4 Å². The number of aromatic nitrogens is 2. The Morgan fingerprint density at radius 2 is 1.78 bits per heavy atom. The van der Waals surface area contributed by atoms with E-state index >= 15 is 0 Å². The quantitative estimate of drug-likeness (QED) is 0.379. The van der Waals surface area contributed by atoms with Gasteiger partial charge in [0.25, 0.3) is 0 Å². The highest BCUT2D eigenvalue weighted by atomic mass is 79.9. The zero-order valence-corrected chi connectivity index (χ0v) is 11.2. The SMILES string of the molecule is Fc1c(Br)c(C(F)(F)F)cc2c(Cl)nc(Cl)nc12. The molecule has 1 heterocycles. The minimum Gasteiger partial charge on any atom is -0.215 e. The molecule has 0 aliphatic carbocycles. The summed E-state index contributed by atoms with van der Waals surface area (Å²) in [6.45, 7) is 0. The lowest BCUT2D eigenvalue weighted by molar-refractivity contribution is -0.138. The zero-order chi connectivity index (χ0) is 13.7. The summed E-state index contributed by atoms with van der Waals surface area (Å²) >= 11 is 13.6. The fourth-order valence-corrected chi connectivity index (χ4v) is 2.31. The second kappa shape index (κ2) is 4.47. The Labute approximate surface area is 116 Å². The van der Waals surface area contributed by atoms with Gasteiger partial charge in [-0.2, -0.15) is 13.2 Å². The first-order valence-corrected chi connectivity index (χ1v) is 5.84. The molecule has 2 aromatic rings. The summed E-state index contributed by atoms with van der Waals surface area (Å²) in [5.41, 5.74) is -1.57. The predicted molar refractivity (Wildman–Crippen MR) is 62.2 cm³/mol. The van der Waals surface area contributed by atoms with Crippen molar-refractivity contribution < 1.29 is 17.6 Å². The van der Waals surface area contributed by atoms with Gasteiger partial charge in [-0.05, 0) is 33.6 Å². The molecule has 0 saturated carbocycles. The van der Waals surface area contributed by atoms with Crippen LogP contribution in [0, 0.1) is 5.82 Å². The van der Waals surface area contributed by atoms with E-state index in [1.807, 2.05) is 0 Å². The molecular weight excluding hydrogens is 363 g/mol. The van der Waals surface area contributed by atoms with E-state index in [0.717, 1.165) is 0 Å². The molecule has 0 aliphatic heterocycles. The molecule has 0 N–H and O–H groups in total. The van der Waals surface area contributed by atoms with Crippen LogP contribution in [0.3, 0.4) is 0 Å². The third kappa shape index (κ3) is 2.26. The highest BCUT2D eigenvalue weighted by molar-refractivity contribution is 9.10. The molecule has 0 saturated heterocycles. The third-order valence-corrected chi connectivity index (χ3v) is 3.34. The summed E-state index contributed by atoms with van der Waals surface area (Å²) in [6, 6.07) is 0.668. The maximum absolute atomic E-state index is 13.8. The van der Waals surface area contributed by atoms with E-state index in [1.165, 1.54) is 0 Å². The monoisotopic (exact) mass is 362 g/mol. The minimum absolute atomic E-state index is 0.255. The Kier molecular flexibility index (Phi) is 3.42. The Morgan fingerprint density at radius 1 is 1.17 bits per heavy atom. The van der Waals surface area contributed by atoms with E-state index in [1.54, 1.807) is 0 Å². The van der Waals surface area contributed by atoms with Crippen LogP contribution in [-0.4, -0.2) is 9.97 Å². The number of fused-ring (bicyclic) bond motifs is 1. The lowest BCUT2D eigenvalue weighted by Gasteiger charge is -2.12. The highest BCUT2D eigenvalue weighted by Gasteiger charge is 2.35. The molecule has 0 radical (unpaired) electrons. The largest absolute Gasteiger partial charge is 0.417 e. The fourth-order valence-electron chi connectivity index (χ4n) is 1.35. The van der Waals surface area contributed by atoms with E-state index < -0.39 is 22.0 Å². The number of benzene rings is 1. The molecule has 1 aromatic heterocycles.